The molecule has 16 heavy (non-hydrogen) atoms. The minimum Gasteiger partial charge on any atom is -0.0622 e. The Hall–Kier alpha value is -0.780. The minimum atomic E-state index is 0.801. The van der Waals surface area contributed by atoms with E-state index in [0.29, 0.717) is 0 Å². The molecule has 0 aromatic heterocycles. The molecule has 3 unspecified atom stereocenters. The first-order chi connectivity index (χ1) is 7.72. The second kappa shape index (κ2) is 5.03. The monoisotopic (exact) mass is 216 g/mol. The lowest BCUT2D eigenvalue weighted by atomic mass is 9.71. The van der Waals surface area contributed by atoms with E-state index in [0.717, 1.165) is 24.2 Å². The molecular weight excluding hydrogens is 192 g/mol. The lowest BCUT2D eigenvalue weighted by molar-refractivity contribution is 0.238. The van der Waals surface area contributed by atoms with Gasteiger partial charge in [-0.25, -0.2) is 0 Å². The summed E-state index contributed by atoms with van der Waals surface area (Å²) in [4.78, 5) is 0. The second-order valence-electron chi connectivity index (χ2n) is 5.47. The van der Waals surface area contributed by atoms with Crippen molar-refractivity contribution in [3.8, 4) is 0 Å². The quantitative estimate of drug-likeness (QED) is 0.667. The van der Waals surface area contributed by atoms with E-state index in [1.165, 1.54) is 24.8 Å². The van der Waals surface area contributed by atoms with Crippen LogP contribution in [0.5, 0.6) is 0 Å². The fraction of sp³-hybridized carbons (Fsp3) is 0.625. The second-order valence-corrected chi connectivity index (χ2v) is 5.47. The van der Waals surface area contributed by atoms with Gasteiger partial charge in [-0.1, -0.05) is 57.9 Å². The number of rotatable bonds is 2. The van der Waals surface area contributed by atoms with E-state index < -0.39 is 0 Å². The summed E-state index contributed by atoms with van der Waals surface area (Å²) in [6.07, 6.45) is 5.37. The van der Waals surface area contributed by atoms with Crippen LogP contribution in [0.25, 0.3) is 0 Å². The molecule has 1 fully saturated rings. The Bertz CT molecular complexity index is 322. The number of hydrogen-bond donors (Lipinski definition) is 0. The van der Waals surface area contributed by atoms with Crippen LogP contribution in [-0.4, -0.2) is 0 Å². The summed E-state index contributed by atoms with van der Waals surface area (Å²) < 4.78 is 0. The van der Waals surface area contributed by atoms with E-state index in [2.05, 4.69) is 45.0 Å². The molecule has 3 atom stereocenters. The molecule has 1 saturated carbocycles. The molecule has 0 saturated heterocycles. The first kappa shape index (κ1) is 11.7. The van der Waals surface area contributed by atoms with Gasteiger partial charge in [0.2, 0.25) is 0 Å². The molecule has 0 spiro atoms. The van der Waals surface area contributed by atoms with Crippen molar-refractivity contribution < 1.29 is 0 Å². The smallest absolute Gasteiger partial charge is 0.0134 e. The van der Waals surface area contributed by atoms with Crippen LogP contribution in [-0.2, 0) is 6.42 Å². The van der Waals surface area contributed by atoms with Gasteiger partial charge in [-0.2, -0.15) is 0 Å². The van der Waals surface area contributed by atoms with Gasteiger partial charge in [0.1, 0.15) is 0 Å². The number of hydrogen-bond acceptors (Lipinski definition) is 0. The highest BCUT2D eigenvalue weighted by molar-refractivity contribution is 5.26. The molecule has 1 aliphatic rings. The van der Waals surface area contributed by atoms with E-state index >= 15 is 0 Å². The van der Waals surface area contributed by atoms with Crippen molar-refractivity contribution in [2.75, 3.05) is 0 Å². The average molecular weight is 216 g/mol. The Morgan fingerprint density at radius 1 is 1.06 bits per heavy atom. The minimum absolute atomic E-state index is 0.801. The molecule has 0 aliphatic heterocycles. The third-order valence-corrected chi connectivity index (χ3v) is 4.52. The molecule has 0 heterocycles. The molecule has 0 nitrogen and oxygen atoms in total. The summed E-state index contributed by atoms with van der Waals surface area (Å²) in [5.41, 5.74) is 3.02. The fourth-order valence-electron chi connectivity index (χ4n) is 3.05. The van der Waals surface area contributed by atoms with Gasteiger partial charge in [0.15, 0.2) is 0 Å². The molecule has 0 bridgehead atoms. The van der Waals surface area contributed by atoms with Gasteiger partial charge in [-0.3, -0.25) is 0 Å². The maximum absolute atomic E-state index is 2.43. The molecule has 1 aromatic carbocycles. The highest BCUT2D eigenvalue weighted by Gasteiger charge is 2.27. The SMILES string of the molecule is CCc1ccc(C2CCCC(C)C2C)cc1. The molecule has 1 aromatic rings. The predicted molar refractivity (Wildman–Crippen MR) is 70.7 cm³/mol. The Balaban J connectivity index is 2.15. The van der Waals surface area contributed by atoms with Crippen molar-refractivity contribution in [1.82, 2.24) is 0 Å². The highest BCUT2D eigenvalue weighted by atomic mass is 14.3. The average Bonchev–Trinajstić information content (AvgIpc) is 2.33. The summed E-state index contributed by atoms with van der Waals surface area (Å²) in [6.45, 7) is 7.07. The Labute approximate surface area is 100 Å². The first-order valence-electron chi connectivity index (χ1n) is 6.81. The Kier molecular flexibility index (Phi) is 3.68. The molecule has 0 radical (unpaired) electrons. The van der Waals surface area contributed by atoms with Crippen molar-refractivity contribution in [3.63, 3.8) is 0 Å². The van der Waals surface area contributed by atoms with E-state index in [1.54, 1.807) is 5.56 Å². The van der Waals surface area contributed by atoms with E-state index in [-0.39, 0.29) is 0 Å². The predicted octanol–water partition coefficient (Wildman–Crippen LogP) is 4.79. The summed E-state index contributed by atoms with van der Waals surface area (Å²) in [7, 11) is 0. The van der Waals surface area contributed by atoms with Crippen LogP contribution >= 0.6 is 0 Å². The van der Waals surface area contributed by atoms with Crippen LogP contribution in [0.2, 0.25) is 0 Å². The number of benzene rings is 1. The zero-order valence-corrected chi connectivity index (χ0v) is 10.9. The molecule has 88 valence electrons. The van der Waals surface area contributed by atoms with Crippen molar-refractivity contribution in [3.05, 3.63) is 35.4 Å². The van der Waals surface area contributed by atoms with E-state index in [1.807, 2.05) is 0 Å². The fourth-order valence-corrected chi connectivity index (χ4v) is 3.05. The summed E-state index contributed by atoms with van der Waals surface area (Å²) >= 11 is 0. The van der Waals surface area contributed by atoms with Crippen molar-refractivity contribution in [2.45, 2.75) is 52.4 Å². The molecular formula is C16H24. The lowest BCUT2D eigenvalue weighted by Gasteiger charge is -2.34. The summed E-state index contributed by atoms with van der Waals surface area (Å²) in [5.74, 6) is 2.54. The van der Waals surface area contributed by atoms with Crippen LogP contribution in [0, 0.1) is 11.8 Å². The van der Waals surface area contributed by atoms with Crippen molar-refractivity contribution in [1.29, 1.82) is 0 Å². The van der Waals surface area contributed by atoms with E-state index in [4.69, 9.17) is 0 Å². The van der Waals surface area contributed by atoms with Crippen LogP contribution in [0.3, 0.4) is 0 Å². The zero-order valence-electron chi connectivity index (χ0n) is 10.9. The molecule has 2 rings (SSSR count). The maximum Gasteiger partial charge on any atom is -0.0134 e. The van der Waals surface area contributed by atoms with Gasteiger partial charge >= 0.3 is 0 Å². The topological polar surface area (TPSA) is 0 Å². The standard InChI is InChI=1S/C16H24/c1-4-14-8-10-15(11-9-14)16-7-5-6-12(2)13(16)3/h8-13,16H,4-7H2,1-3H3. The summed E-state index contributed by atoms with van der Waals surface area (Å²) in [6, 6.07) is 9.33. The molecule has 0 heteroatoms. The lowest BCUT2D eigenvalue weighted by Crippen LogP contribution is -2.22. The normalized spacial score (nSPS) is 30.3. The maximum atomic E-state index is 2.43. The highest BCUT2D eigenvalue weighted by Crippen LogP contribution is 2.40. The van der Waals surface area contributed by atoms with Crippen LogP contribution in [0.15, 0.2) is 24.3 Å². The molecule has 1 aliphatic carbocycles. The van der Waals surface area contributed by atoms with Gasteiger partial charge in [0, 0.05) is 0 Å². The van der Waals surface area contributed by atoms with E-state index in [9.17, 15) is 0 Å². The Morgan fingerprint density at radius 3 is 2.38 bits per heavy atom. The summed E-state index contributed by atoms with van der Waals surface area (Å²) in [5, 5.41) is 0. The largest absolute Gasteiger partial charge is 0.0622 e. The van der Waals surface area contributed by atoms with Gasteiger partial charge in [-0.05, 0) is 41.7 Å². The van der Waals surface area contributed by atoms with Gasteiger partial charge in [0.05, 0.1) is 0 Å². The van der Waals surface area contributed by atoms with Crippen molar-refractivity contribution >= 4 is 0 Å². The van der Waals surface area contributed by atoms with Crippen LogP contribution in [0.1, 0.15) is 57.1 Å². The zero-order chi connectivity index (χ0) is 11.5. The Morgan fingerprint density at radius 2 is 1.75 bits per heavy atom. The molecule has 0 amide bonds. The third kappa shape index (κ3) is 2.31. The van der Waals surface area contributed by atoms with Gasteiger partial charge in [-0.15, -0.1) is 0 Å². The van der Waals surface area contributed by atoms with Crippen LogP contribution < -0.4 is 0 Å². The number of aryl methyl sites for hydroxylation is 1. The van der Waals surface area contributed by atoms with Crippen molar-refractivity contribution in [2.24, 2.45) is 11.8 Å². The third-order valence-electron chi connectivity index (χ3n) is 4.52. The van der Waals surface area contributed by atoms with Crippen LogP contribution in [0.4, 0.5) is 0 Å². The molecule has 0 N–H and O–H groups in total. The van der Waals surface area contributed by atoms with Gasteiger partial charge < -0.3 is 0 Å². The van der Waals surface area contributed by atoms with Gasteiger partial charge in [0.25, 0.3) is 0 Å². The first-order valence-corrected chi connectivity index (χ1v) is 6.81.